The third-order valence-electron chi connectivity index (χ3n) is 6.12. The van der Waals surface area contributed by atoms with E-state index in [0.29, 0.717) is 38.0 Å². The Labute approximate surface area is 215 Å². The number of carboxylic acids is 1. The summed E-state index contributed by atoms with van der Waals surface area (Å²) >= 11 is 0. The Hall–Kier alpha value is -4.08. The number of fused-ring (bicyclic) bond motifs is 1. The fraction of sp³-hybridized carbons (Fsp3) is 0.286. The van der Waals surface area contributed by atoms with Gasteiger partial charge in [-0.15, -0.1) is 0 Å². The number of nitrogens with zero attached hydrogens (tertiary/aromatic N) is 2. The highest BCUT2D eigenvalue weighted by Crippen LogP contribution is 2.15. The van der Waals surface area contributed by atoms with Crippen LogP contribution >= 0.6 is 0 Å². The Bertz CT molecular complexity index is 1270. The molecular formula is C28H32N6O3. The molecule has 0 saturated heterocycles. The highest BCUT2D eigenvalue weighted by atomic mass is 16.4. The number of carbonyl (C=O) groups is 2. The summed E-state index contributed by atoms with van der Waals surface area (Å²) in [5.74, 6) is -0.613. The van der Waals surface area contributed by atoms with Crippen molar-refractivity contribution in [2.75, 3.05) is 6.54 Å². The summed E-state index contributed by atoms with van der Waals surface area (Å²) in [5.41, 5.74) is 4.29. The zero-order valence-electron chi connectivity index (χ0n) is 20.8. The lowest BCUT2D eigenvalue weighted by Gasteiger charge is -2.16. The molecule has 4 rings (SSSR count). The van der Waals surface area contributed by atoms with Crippen LogP contribution in [-0.4, -0.2) is 44.5 Å². The number of aliphatic carboxylic acids is 1. The van der Waals surface area contributed by atoms with Gasteiger partial charge >= 0.3 is 5.97 Å². The van der Waals surface area contributed by atoms with E-state index in [1.165, 1.54) is 0 Å². The number of imidazole rings is 1. The molecule has 1 unspecified atom stereocenters. The summed E-state index contributed by atoms with van der Waals surface area (Å²) < 4.78 is 0. The van der Waals surface area contributed by atoms with Crippen LogP contribution in [0, 0.1) is 0 Å². The molecule has 0 aliphatic rings. The van der Waals surface area contributed by atoms with Gasteiger partial charge in [0.2, 0.25) is 0 Å². The van der Waals surface area contributed by atoms with E-state index in [0.717, 1.165) is 28.1 Å². The zero-order valence-corrected chi connectivity index (χ0v) is 20.8. The molecule has 9 heteroatoms. The minimum atomic E-state index is -1.05. The number of amides is 1. The molecule has 0 fully saturated rings. The van der Waals surface area contributed by atoms with Crippen LogP contribution in [0.15, 0.2) is 72.9 Å². The minimum Gasteiger partial charge on any atom is -0.480 e. The van der Waals surface area contributed by atoms with Gasteiger partial charge in [-0.05, 0) is 68.3 Å². The highest BCUT2D eigenvalue weighted by molar-refractivity contribution is 5.96. The van der Waals surface area contributed by atoms with Crippen LogP contribution in [0.2, 0.25) is 0 Å². The molecule has 2 heterocycles. The first-order chi connectivity index (χ1) is 18.0. The van der Waals surface area contributed by atoms with E-state index < -0.39 is 17.9 Å². The molecular weight excluding hydrogens is 468 g/mol. The largest absolute Gasteiger partial charge is 0.480 e. The van der Waals surface area contributed by atoms with Crippen molar-refractivity contribution < 1.29 is 14.7 Å². The van der Waals surface area contributed by atoms with Gasteiger partial charge in [0.1, 0.15) is 11.9 Å². The smallest absolute Gasteiger partial charge is 0.326 e. The molecule has 0 aliphatic carbocycles. The predicted molar refractivity (Wildman–Crippen MR) is 142 cm³/mol. The Morgan fingerprint density at radius 1 is 1.00 bits per heavy atom. The number of benzene rings is 2. The third-order valence-corrected chi connectivity index (χ3v) is 6.12. The molecule has 2 atom stereocenters. The molecule has 0 saturated carbocycles. The van der Waals surface area contributed by atoms with Crippen molar-refractivity contribution >= 4 is 22.9 Å². The second-order valence-corrected chi connectivity index (χ2v) is 8.94. The minimum absolute atomic E-state index is 0.0118. The molecule has 0 spiro atoms. The number of rotatable bonds is 13. The molecule has 0 radical (unpaired) electrons. The first-order valence-corrected chi connectivity index (χ1v) is 12.4. The van der Waals surface area contributed by atoms with Gasteiger partial charge in [0.25, 0.3) is 5.91 Å². The Balaban J connectivity index is 1.20. The molecule has 2 aromatic heterocycles. The Morgan fingerprint density at radius 2 is 1.78 bits per heavy atom. The molecule has 0 aliphatic heterocycles. The van der Waals surface area contributed by atoms with E-state index in [9.17, 15) is 14.7 Å². The van der Waals surface area contributed by atoms with Gasteiger partial charge in [-0.2, -0.15) is 0 Å². The van der Waals surface area contributed by atoms with Crippen LogP contribution in [0.25, 0.3) is 11.0 Å². The number of aromatic nitrogens is 3. The number of hydrogen-bond donors (Lipinski definition) is 5. The molecule has 1 amide bonds. The second kappa shape index (κ2) is 12.8. The van der Waals surface area contributed by atoms with Crippen LogP contribution < -0.4 is 16.0 Å². The first kappa shape index (κ1) is 26.0. The lowest BCUT2D eigenvalue weighted by Crippen LogP contribution is -2.41. The van der Waals surface area contributed by atoms with E-state index in [1.807, 2.05) is 61.5 Å². The van der Waals surface area contributed by atoms with E-state index in [1.54, 1.807) is 18.3 Å². The lowest BCUT2D eigenvalue weighted by atomic mass is 10.1. The van der Waals surface area contributed by atoms with E-state index in [-0.39, 0.29) is 6.04 Å². The first-order valence-electron chi connectivity index (χ1n) is 12.4. The molecule has 37 heavy (non-hydrogen) atoms. The van der Waals surface area contributed by atoms with Crippen molar-refractivity contribution in [1.29, 1.82) is 0 Å². The summed E-state index contributed by atoms with van der Waals surface area (Å²) in [6, 6.07) is 19.8. The predicted octanol–water partition coefficient (Wildman–Crippen LogP) is 3.56. The molecule has 192 valence electrons. The second-order valence-electron chi connectivity index (χ2n) is 8.94. The van der Waals surface area contributed by atoms with Crippen molar-refractivity contribution in [1.82, 2.24) is 30.9 Å². The maximum Gasteiger partial charge on any atom is 0.326 e. The van der Waals surface area contributed by atoms with Crippen molar-refractivity contribution in [2.45, 2.75) is 44.9 Å². The Kier molecular flexibility index (Phi) is 8.96. The SMILES string of the molecule is CC(NCCC[C@H](NC(=O)c1ccc(CNCc2ccccn2)cc1)C(=O)O)c1nc2ccccc2[nH]1. The number of aromatic amines is 1. The number of carboxylic acid groups (broad SMARTS) is 1. The lowest BCUT2D eigenvalue weighted by molar-refractivity contribution is -0.139. The third kappa shape index (κ3) is 7.45. The molecule has 2 aromatic carbocycles. The average Bonchev–Trinajstić information content (AvgIpc) is 3.36. The van der Waals surface area contributed by atoms with Crippen molar-refractivity contribution in [3.05, 3.63) is 95.6 Å². The number of para-hydroxylation sites is 2. The Morgan fingerprint density at radius 3 is 2.51 bits per heavy atom. The van der Waals surface area contributed by atoms with Crippen molar-refractivity contribution in [2.24, 2.45) is 0 Å². The van der Waals surface area contributed by atoms with Gasteiger partial charge in [-0.25, -0.2) is 9.78 Å². The average molecular weight is 501 g/mol. The topological polar surface area (TPSA) is 132 Å². The van der Waals surface area contributed by atoms with Crippen molar-refractivity contribution in [3.63, 3.8) is 0 Å². The maximum absolute atomic E-state index is 12.7. The number of hydrogen-bond acceptors (Lipinski definition) is 6. The molecule has 4 aromatic rings. The number of carbonyl (C=O) groups excluding carboxylic acids is 1. The van der Waals surface area contributed by atoms with Crippen LogP contribution in [0.1, 0.15) is 53.2 Å². The molecule has 0 bridgehead atoms. The van der Waals surface area contributed by atoms with E-state index >= 15 is 0 Å². The summed E-state index contributed by atoms with van der Waals surface area (Å²) in [4.78, 5) is 36.6. The van der Waals surface area contributed by atoms with Gasteiger partial charge in [0, 0.05) is 24.8 Å². The quantitative estimate of drug-likeness (QED) is 0.177. The fourth-order valence-electron chi connectivity index (χ4n) is 4.01. The van der Waals surface area contributed by atoms with Crippen LogP contribution in [0.3, 0.4) is 0 Å². The maximum atomic E-state index is 12.7. The highest BCUT2D eigenvalue weighted by Gasteiger charge is 2.20. The molecule has 9 nitrogen and oxygen atoms in total. The summed E-state index contributed by atoms with van der Waals surface area (Å²) in [6.07, 6.45) is 2.66. The normalized spacial score (nSPS) is 12.8. The number of H-pyrrole nitrogens is 1. The van der Waals surface area contributed by atoms with Crippen LogP contribution in [-0.2, 0) is 17.9 Å². The van der Waals surface area contributed by atoms with Gasteiger partial charge in [-0.3, -0.25) is 9.78 Å². The summed E-state index contributed by atoms with van der Waals surface area (Å²) in [6.45, 7) is 3.88. The van der Waals surface area contributed by atoms with Crippen LogP contribution in [0.4, 0.5) is 0 Å². The van der Waals surface area contributed by atoms with Crippen molar-refractivity contribution in [3.8, 4) is 0 Å². The van der Waals surface area contributed by atoms with Gasteiger partial charge in [0.05, 0.1) is 22.8 Å². The van der Waals surface area contributed by atoms with Crippen LogP contribution in [0.5, 0.6) is 0 Å². The monoisotopic (exact) mass is 500 g/mol. The van der Waals surface area contributed by atoms with Gasteiger partial charge < -0.3 is 26.0 Å². The zero-order chi connectivity index (χ0) is 26.0. The fourth-order valence-corrected chi connectivity index (χ4v) is 4.01. The summed E-state index contributed by atoms with van der Waals surface area (Å²) in [7, 11) is 0. The standard InChI is InChI=1S/C28H32N6O3/c1-19(26-32-23-8-2-3-9-24(23)33-26)30-16-6-10-25(28(36)37)34-27(35)21-13-11-20(12-14-21)17-29-18-22-7-4-5-15-31-22/h2-5,7-9,11-15,19,25,29-30H,6,10,16-18H2,1H3,(H,32,33)(H,34,35)(H,36,37)/t19?,25-/m0/s1. The summed E-state index contributed by atoms with van der Waals surface area (Å²) in [5, 5.41) is 18.9. The van der Waals surface area contributed by atoms with Gasteiger partial charge in [-0.1, -0.05) is 30.3 Å². The molecule has 5 N–H and O–H groups in total. The number of pyridine rings is 1. The van der Waals surface area contributed by atoms with E-state index in [4.69, 9.17) is 0 Å². The number of nitrogens with one attached hydrogen (secondary N) is 4. The van der Waals surface area contributed by atoms with E-state index in [2.05, 4.69) is 30.9 Å². The van der Waals surface area contributed by atoms with Gasteiger partial charge in [0.15, 0.2) is 0 Å².